The zero-order valence-corrected chi connectivity index (χ0v) is 16.9. The molecule has 27 heavy (non-hydrogen) atoms. The summed E-state index contributed by atoms with van der Waals surface area (Å²) in [7, 11) is 0. The molecule has 0 unspecified atom stereocenters. The lowest BCUT2D eigenvalue weighted by Crippen LogP contribution is -1.99. The molecule has 8 heteroatoms. The summed E-state index contributed by atoms with van der Waals surface area (Å²) in [6.45, 7) is 0. The Morgan fingerprint density at radius 3 is 2.41 bits per heavy atom. The highest BCUT2D eigenvalue weighted by molar-refractivity contribution is 7.98. The van der Waals surface area contributed by atoms with Gasteiger partial charge in [0.25, 0.3) is 0 Å². The first kappa shape index (κ1) is 18.4. The molecule has 0 radical (unpaired) electrons. The van der Waals surface area contributed by atoms with Gasteiger partial charge in [0.05, 0.1) is 6.26 Å². The molecule has 0 amide bonds. The van der Waals surface area contributed by atoms with Gasteiger partial charge in [0.2, 0.25) is 5.82 Å². The van der Waals surface area contributed by atoms with Crippen LogP contribution in [0.25, 0.3) is 17.3 Å². The van der Waals surface area contributed by atoms with E-state index in [1.807, 2.05) is 53.1 Å². The Morgan fingerprint density at radius 2 is 1.70 bits per heavy atom. The predicted octanol–water partition coefficient (Wildman–Crippen LogP) is 6.78. The topological polar surface area (TPSA) is 43.9 Å². The lowest BCUT2D eigenvalue weighted by molar-refractivity contribution is 0.575. The third-order valence-corrected chi connectivity index (χ3v) is 5.65. The van der Waals surface area contributed by atoms with Crippen LogP contribution in [0.2, 0.25) is 15.1 Å². The first-order chi connectivity index (χ1) is 13.1. The second-order valence-corrected chi connectivity index (χ2v) is 7.84. The minimum Gasteiger partial charge on any atom is -0.461 e. The normalized spacial score (nSPS) is 11.1. The van der Waals surface area contributed by atoms with E-state index in [0.29, 0.717) is 32.4 Å². The highest BCUT2D eigenvalue weighted by atomic mass is 35.5. The van der Waals surface area contributed by atoms with Gasteiger partial charge in [-0.05, 0) is 54.1 Å². The van der Waals surface area contributed by atoms with Crippen LogP contribution in [0.4, 0.5) is 0 Å². The van der Waals surface area contributed by atoms with Gasteiger partial charge in [-0.25, -0.2) is 0 Å². The molecule has 136 valence electrons. The third-order valence-electron chi connectivity index (χ3n) is 3.83. The Bertz CT molecular complexity index is 1060. The van der Waals surface area contributed by atoms with Crippen LogP contribution < -0.4 is 0 Å². The summed E-state index contributed by atoms with van der Waals surface area (Å²) in [4.78, 5) is 0. The van der Waals surface area contributed by atoms with Crippen molar-refractivity contribution in [2.24, 2.45) is 0 Å². The summed E-state index contributed by atoms with van der Waals surface area (Å²) in [5, 5.41) is 11.3. The van der Waals surface area contributed by atoms with E-state index in [2.05, 4.69) is 10.2 Å². The van der Waals surface area contributed by atoms with Crippen molar-refractivity contribution in [3.05, 3.63) is 81.5 Å². The van der Waals surface area contributed by atoms with E-state index in [0.717, 1.165) is 16.4 Å². The van der Waals surface area contributed by atoms with Gasteiger partial charge in [-0.15, -0.1) is 10.2 Å². The van der Waals surface area contributed by atoms with Crippen molar-refractivity contribution >= 4 is 46.6 Å². The summed E-state index contributed by atoms with van der Waals surface area (Å²) >= 11 is 19.8. The number of furan rings is 1. The molecular weight excluding hydrogens is 425 g/mol. The number of aromatic nitrogens is 3. The van der Waals surface area contributed by atoms with Crippen LogP contribution in [0.5, 0.6) is 0 Å². The maximum Gasteiger partial charge on any atom is 0.205 e. The lowest BCUT2D eigenvalue weighted by atomic mass is 10.2. The summed E-state index contributed by atoms with van der Waals surface area (Å²) in [6.07, 6.45) is 1.61. The van der Waals surface area contributed by atoms with E-state index in [4.69, 9.17) is 39.2 Å². The standard InChI is InChI=1S/C19H12Cl3N3OS/c20-13-5-7-15(8-6-13)25-18(17-2-1-9-26-17)23-24-19(25)27-11-12-3-4-14(21)10-16(12)22/h1-10H,11H2. The van der Waals surface area contributed by atoms with Crippen LogP contribution in [0.1, 0.15) is 5.56 Å². The number of nitrogens with zero attached hydrogens (tertiary/aromatic N) is 3. The molecule has 0 aliphatic carbocycles. The summed E-state index contributed by atoms with van der Waals surface area (Å²) in [6, 6.07) is 16.6. The highest BCUT2D eigenvalue weighted by Crippen LogP contribution is 2.32. The molecule has 0 bridgehead atoms. The molecule has 0 spiro atoms. The van der Waals surface area contributed by atoms with Crippen molar-refractivity contribution in [3.8, 4) is 17.3 Å². The smallest absolute Gasteiger partial charge is 0.205 e. The fourth-order valence-corrected chi connectivity index (χ4v) is 4.17. The van der Waals surface area contributed by atoms with Gasteiger partial charge in [0.15, 0.2) is 10.9 Å². The van der Waals surface area contributed by atoms with E-state index >= 15 is 0 Å². The van der Waals surface area contributed by atoms with Gasteiger partial charge in [-0.3, -0.25) is 4.57 Å². The maximum absolute atomic E-state index is 6.29. The number of rotatable bonds is 5. The quantitative estimate of drug-likeness (QED) is 0.323. The van der Waals surface area contributed by atoms with Gasteiger partial charge >= 0.3 is 0 Å². The van der Waals surface area contributed by atoms with Crippen molar-refractivity contribution in [1.29, 1.82) is 0 Å². The SMILES string of the molecule is Clc1ccc(-n2c(SCc3ccc(Cl)cc3Cl)nnc2-c2ccco2)cc1. The van der Waals surface area contributed by atoms with E-state index < -0.39 is 0 Å². The molecule has 0 aliphatic rings. The van der Waals surface area contributed by atoms with E-state index in [1.165, 1.54) is 11.8 Å². The summed E-state index contributed by atoms with van der Waals surface area (Å²) < 4.78 is 7.45. The predicted molar refractivity (Wildman–Crippen MR) is 110 cm³/mol. The van der Waals surface area contributed by atoms with Gasteiger partial charge in [0.1, 0.15) is 0 Å². The first-order valence-electron chi connectivity index (χ1n) is 7.94. The maximum atomic E-state index is 6.29. The van der Waals surface area contributed by atoms with E-state index in [-0.39, 0.29) is 0 Å². The molecular formula is C19H12Cl3N3OS. The number of hydrogen-bond donors (Lipinski definition) is 0. The average molecular weight is 437 g/mol. The fourth-order valence-electron chi connectivity index (χ4n) is 2.53. The Labute approximate surface area is 175 Å². The molecule has 2 aromatic heterocycles. The second-order valence-electron chi connectivity index (χ2n) is 5.62. The van der Waals surface area contributed by atoms with Crippen LogP contribution in [0, 0.1) is 0 Å². The average Bonchev–Trinajstić information content (AvgIpc) is 3.31. The Morgan fingerprint density at radius 1 is 0.926 bits per heavy atom. The zero-order chi connectivity index (χ0) is 18.8. The largest absolute Gasteiger partial charge is 0.461 e. The number of hydrogen-bond acceptors (Lipinski definition) is 4. The zero-order valence-electron chi connectivity index (χ0n) is 13.8. The van der Waals surface area contributed by atoms with Gasteiger partial charge < -0.3 is 4.42 Å². The lowest BCUT2D eigenvalue weighted by Gasteiger charge is -2.10. The van der Waals surface area contributed by atoms with E-state index in [9.17, 15) is 0 Å². The first-order valence-corrected chi connectivity index (χ1v) is 10.1. The molecule has 2 heterocycles. The number of halogens is 3. The Hall–Kier alpha value is -1.92. The van der Waals surface area contributed by atoms with Crippen molar-refractivity contribution in [2.45, 2.75) is 10.9 Å². The molecule has 0 aliphatic heterocycles. The van der Waals surface area contributed by atoms with Crippen LogP contribution in [0.15, 0.2) is 70.4 Å². The van der Waals surface area contributed by atoms with Crippen molar-refractivity contribution in [1.82, 2.24) is 14.8 Å². The second kappa shape index (κ2) is 7.98. The number of thioether (sulfide) groups is 1. The molecule has 0 N–H and O–H groups in total. The molecule has 4 rings (SSSR count). The molecule has 4 nitrogen and oxygen atoms in total. The van der Waals surface area contributed by atoms with Crippen molar-refractivity contribution in [2.75, 3.05) is 0 Å². The summed E-state index contributed by atoms with van der Waals surface area (Å²) in [5.74, 6) is 1.88. The monoisotopic (exact) mass is 435 g/mol. The minimum atomic E-state index is 0.609. The van der Waals surface area contributed by atoms with E-state index in [1.54, 1.807) is 12.3 Å². The van der Waals surface area contributed by atoms with Crippen LogP contribution in [-0.2, 0) is 5.75 Å². The molecule has 2 aromatic carbocycles. The highest BCUT2D eigenvalue weighted by Gasteiger charge is 2.18. The molecule has 0 saturated carbocycles. The third kappa shape index (κ3) is 4.01. The minimum absolute atomic E-state index is 0.609. The molecule has 4 aromatic rings. The molecule has 0 saturated heterocycles. The molecule has 0 atom stereocenters. The van der Waals surface area contributed by atoms with Crippen LogP contribution >= 0.6 is 46.6 Å². The van der Waals surface area contributed by atoms with Gasteiger partial charge in [-0.1, -0.05) is 52.6 Å². The van der Waals surface area contributed by atoms with Crippen molar-refractivity contribution < 1.29 is 4.42 Å². The van der Waals surface area contributed by atoms with Gasteiger partial charge in [-0.2, -0.15) is 0 Å². The fraction of sp³-hybridized carbons (Fsp3) is 0.0526. The summed E-state index contributed by atoms with van der Waals surface area (Å²) in [5.41, 5.74) is 1.86. The van der Waals surface area contributed by atoms with Gasteiger partial charge in [0, 0.05) is 26.5 Å². The van der Waals surface area contributed by atoms with Crippen LogP contribution in [-0.4, -0.2) is 14.8 Å². The Balaban J connectivity index is 1.71. The number of benzene rings is 2. The van der Waals surface area contributed by atoms with Crippen molar-refractivity contribution in [3.63, 3.8) is 0 Å². The Kier molecular flexibility index (Phi) is 5.45. The molecule has 0 fully saturated rings. The van der Waals surface area contributed by atoms with Crippen LogP contribution in [0.3, 0.4) is 0 Å².